The Morgan fingerprint density at radius 2 is 2.00 bits per heavy atom. The Morgan fingerprint density at radius 3 is 2.81 bits per heavy atom. The van der Waals surface area contributed by atoms with Crippen LogP contribution in [0.2, 0.25) is 5.02 Å². The second-order valence-corrected chi connectivity index (χ2v) is 6.26. The Hall–Kier alpha value is -1.49. The zero-order valence-electron chi connectivity index (χ0n) is 11.2. The summed E-state index contributed by atoms with van der Waals surface area (Å²) in [7, 11) is 0. The van der Waals surface area contributed by atoms with Crippen molar-refractivity contribution in [3.8, 4) is 0 Å². The van der Waals surface area contributed by atoms with Crippen LogP contribution in [-0.4, -0.2) is 11.5 Å². The van der Waals surface area contributed by atoms with Gasteiger partial charge in [-0.05, 0) is 48.9 Å². The van der Waals surface area contributed by atoms with Gasteiger partial charge < -0.3 is 10.7 Å². The van der Waals surface area contributed by atoms with Crippen molar-refractivity contribution in [3.05, 3.63) is 59.0 Å². The fourth-order valence-electron chi connectivity index (χ4n) is 2.27. The molecule has 0 amide bonds. The molecule has 1 heterocycles. The van der Waals surface area contributed by atoms with Gasteiger partial charge in [-0.15, -0.1) is 0 Å². The first-order valence-electron chi connectivity index (χ1n) is 6.60. The summed E-state index contributed by atoms with van der Waals surface area (Å²) < 4.78 is 13.4. The average molecular weight is 321 g/mol. The van der Waals surface area contributed by atoms with Gasteiger partial charge in [0.2, 0.25) is 0 Å². The number of hydrogen-bond acceptors (Lipinski definition) is 2. The number of nitrogens with one attached hydrogen (secondary N) is 1. The number of hydrogen-bond donors (Lipinski definition) is 2. The van der Waals surface area contributed by atoms with E-state index in [9.17, 15) is 4.39 Å². The number of aromatic amines is 1. The molecule has 2 nitrogen and oxygen atoms in total. The summed E-state index contributed by atoms with van der Waals surface area (Å²) in [5.41, 5.74) is 7.54. The molecule has 1 aromatic heterocycles. The number of aromatic nitrogens is 1. The molecular formula is C16H14ClFN2S. The number of rotatable bonds is 4. The molecule has 0 radical (unpaired) electrons. The van der Waals surface area contributed by atoms with Gasteiger partial charge in [-0.3, -0.25) is 0 Å². The number of halogens is 2. The van der Waals surface area contributed by atoms with Gasteiger partial charge in [0.15, 0.2) is 0 Å². The summed E-state index contributed by atoms with van der Waals surface area (Å²) in [5, 5.41) is 1.80. The Labute approximate surface area is 131 Å². The molecule has 3 rings (SSSR count). The molecule has 0 fully saturated rings. The number of benzene rings is 2. The Balaban J connectivity index is 1.98. The maximum Gasteiger partial charge on any atom is 0.123 e. The second kappa shape index (κ2) is 6.10. The third kappa shape index (κ3) is 3.07. The van der Waals surface area contributed by atoms with Crippen LogP contribution < -0.4 is 5.73 Å². The van der Waals surface area contributed by atoms with Crippen molar-refractivity contribution in [2.24, 2.45) is 5.73 Å². The van der Waals surface area contributed by atoms with Gasteiger partial charge in [0.25, 0.3) is 0 Å². The van der Waals surface area contributed by atoms with E-state index >= 15 is 0 Å². The van der Waals surface area contributed by atoms with Crippen molar-refractivity contribution in [2.45, 2.75) is 16.2 Å². The van der Waals surface area contributed by atoms with E-state index in [1.54, 1.807) is 23.9 Å². The molecule has 0 aliphatic rings. The van der Waals surface area contributed by atoms with Crippen LogP contribution in [-0.2, 0) is 6.42 Å². The van der Waals surface area contributed by atoms with Crippen LogP contribution in [0.15, 0.2) is 52.4 Å². The summed E-state index contributed by atoms with van der Waals surface area (Å²) in [6, 6.07) is 10.6. The third-order valence-corrected chi connectivity index (χ3v) is 4.67. The molecule has 0 bridgehead atoms. The molecule has 0 spiro atoms. The fraction of sp³-hybridized carbons (Fsp3) is 0.125. The zero-order chi connectivity index (χ0) is 14.8. The summed E-state index contributed by atoms with van der Waals surface area (Å²) in [4.78, 5) is 5.32. The van der Waals surface area contributed by atoms with Crippen molar-refractivity contribution in [3.63, 3.8) is 0 Å². The first-order valence-corrected chi connectivity index (χ1v) is 7.80. The van der Waals surface area contributed by atoms with Gasteiger partial charge in [-0.2, -0.15) is 0 Å². The van der Waals surface area contributed by atoms with Crippen molar-refractivity contribution in [1.82, 2.24) is 4.98 Å². The SMILES string of the molecule is NCCc1cc(F)ccc1Sc1c[nH]c2cc(Cl)ccc12. The molecule has 2 aromatic carbocycles. The van der Waals surface area contributed by atoms with Crippen molar-refractivity contribution in [1.29, 1.82) is 0 Å². The van der Waals surface area contributed by atoms with Crippen LogP contribution >= 0.6 is 23.4 Å². The lowest BCUT2D eigenvalue weighted by atomic mass is 10.1. The van der Waals surface area contributed by atoms with E-state index in [1.807, 2.05) is 24.4 Å². The summed E-state index contributed by atoms with van der Waals surface area (Å²) >= 11 is 7.60. The van der Waals surface area contributed by atoms with Gasteiger partial charge >= 0.3 is 0 Å². The number of nitrogens with two attached hydrogens (primary N) is 1. The third-order valence-electron chi connectivity index (χ3n) is 3.26. The molecule has 5 heteroatoms. The lowest BCUT2D eigenvalue weighted by molar-refractivity contribution is 0.623. The lowest BCUT2D eigenvalue weighted by Crippen LogP contribution is -2.04. The minimum absolute atomic E-state index is 0.228. The van der Waals surface area contributed by atoms with Crippen LogP contribution in [0, 0.1) is 5.82 Å². The van der Waals surface area contributed by atoms with Crippen LogP contribution in [0.1, 0.15) is 5.56 Å². The van der Waals surface area contributed by atoms with Gasteiger partial charge in [0.1, 0.15) is 5.82 Å². The van der Waals surface area contributed by atoms with Gasteiger partial charge in [0, 0.05) is 31.9 Å². The van der Waals surface area contributed by atoms with Crippen molar-refractivity contribution < 1.29 is 4.39 Å². The van der Waals surface area contributed by atoms with Crippen molar-refractivity contribution in [2.75, 3.05) is 6.54 Å². The zero-order valence-corrected chi connectivity index (χ0v) is 12.8. The minimum Gasteiger partial charge on any atom is -0.360 e. The minimum atomic E-state index is -0.228. The molecule has 3 N–H and O–H groups in total. The normalized spacial score (nSPS) is 11.2. The predicted molar refractivity (Wildman–Crippen MR) is 86.6 cm³/mol. The maximum atomic E-state index is 13.4. The standard InChI is InChI=1S/C16H14ClFN2S/c17-11-1-3-13-14(8-11)20-9-16(13)21-15-4-2-12(18)7-10(15)5-6-19/h1-4,7-9,20H,5-6,19H2. The molecule has 0 atom stereocenters. The highest BCUT2D eigenvalue weighted by molar-refractivity contribution is 7.99. The highest BCUT2D eigenvalue weighted by atomic mass is 35.5. The van der Waals surface area contributed by atoms with E-state index in [1.165, 1.54) is 6.07 Å². The Morgan fingerprint density at radius 1 is 1.14 bits per heavy atom. The van der Waals surface area contributed by atoms with Crippen molar-refractivity contribution >= 4 is 34.3 Å². The van der Waals surface area contributed by atoms with Gasteiger partial charge in [-0.25, -0.2) is 4.39 Å². The van der Waals surface area contributed by atoms with Crippen LogP contribution in [0.25, 0.3) is 10.9 Å². The molecule has 3 aromatic rings. The predicted octanol–water partition coefficient (Wildman–Crippen LogP) is 4.61. The first kappa shape index (κ1) is 14.4. The molecule has 0 saturated carbocycles. The van der Waals surface area contributed by atoms with Crippen LogP contribution in [0.4, 0.5) is 4.39 Å². The largest absolute Gasteiger partial charge is 0.360 e. The second-order valence-electron chi connectivity index (χ2n) is 4.74. The average Bonchev–Trinajstić information content (AvgIpc) is 2.84. The lowest BCUT2D eigenvalue weighted by Gasteiger charge is -2.08. The van der Waals surface area contributed by atoms with E-state index in [0.717, 1.165) is 26.3 Å². The summed E-state index contributed by atoms with van der Waals surface area (Å²) in [6.07, 6.45) is 2.61. The van der Waals surface area contributed by atoms with E-state index in [4.69, 9.17) is 17.3 Å². The van der Waals surface area contributed by atoms with Gasteiger partial charge in [0.05, 0.1) is 0 Å². The van der Waals surface area contributed by atoms with E-state index in [0.29, 0.717) is 18.0 Å². The quantitative estimate of drug-likeness (QED) is 0.737. The monoisotopic (exact) mass is 320 g/mol. The first-order chi connectivity index (χ1) is 10.2. The molecule has 0 unspecified atom stereocenters. The molecule has 108 valence electrons. The molecular weight excluding hydrogens is 307 g/mol. The highest BCUT2D eigenvalue weighted by Gasteiger charge is 2.10. The number of H-pyrrole nitrogens is 1. The van der Waals surface area contributed by atoms with E-state index in [2.05, 4.69) is 4.98 Å². The Bertz CT molecular complexity index is 785. The van der Waals surface area contributed by atoms with Crippen LogP contribution in [0.3, 0.4) is 0 Å². The summed E-state index contributed by atoms with van der Waals surface area (Å²) in [6.45, 7) is 0.501. The molecule has 0 aliphatic heterocycles. The summed E-state index contributed by atoms with van der Waals surface area (Å²) in [5.74, 6) is -0.228. The topological polar surface area (TPSA) is 41.8 Å². The highest BCUT2D eigenvalue weighted by Crippen LogP contribution is 2.36. The van der Waals surface area contributed by atoms with Gasteiger partial charge in [-0.1, -0.05) is 29.4 Å². The molecule has 0 aliphatic carbocycles. The molecule has 21 heavy (non-hydrogen) atoms. The number of fused-ring (bicyclic) bond motifs is 1. The van der Waals surface area contributed by atoms with E-state index in [-0.39, 0.29) is 5.82 Å². The molecule has 0 saturated heterocycles. The maximum absolute atomic E-state index is 13.4. The van der Waals surface area contributed by atoms with Crippen LogP contribution in [0.5, 0.6) is 0 Å². The van der Waals surface area contributed by atoms with E-state index < -0.39 is 0 Å². The fourth-order valence-corrected chi connectivity index (χ4v) is 3.52. The smallest absolute Gasteiger partial charge is 0.123 e. The Kier molecular flexibility index (Phi) is 4.19.